The Labute approximate surface area is 208 Å². The van der Waals surface area contributed by atoms with Crippen molar-refractivity contribution >= 4 is 40.9 Å². The zero-order chi connectivity index (χ0) is 25.5. The van der Waals surface area contributed by atoms with Crippen LogP contribution in [0, 0.1) is 0 Å². The van der Waals surface area contributed by atoms with E-state index in [4.69, 9.17) is 9.47 Å². The van der Waals surface area contributed by atoms with E-state index in [1.165, 1.54) is 11.0 Å². The molecular formula is C28H25N3O5. The predicted octanol–water partition coefficient (Wildman–Crippen LogP) is 4.51. The summed E-state index contributed by atoms with van der Waals surface area (Å²) in [5.74, 6) is 0.247. The first-order valence-electron chi connectivity index (χ1n) is 11.2. The van der Waals surface area contributed by atoms with Crippen molar-refractivity contribution < 1.29 is 23.9 Å². The van der Waals surface area contributed by atoms with E-state index in [0.717, 1.165) is 5.56 Å². The molecule has 182 valence electrons. The molecular weight excluding hydrogens is 458 g/mol. The summed E-state index contributed by atoms with van der Waals surface area (Å²) in [4.78, 5) is 38.9. The molecule has 8 nitrogen and oxygen atoms in total. The van der Waals surface area contributed by atoms with Crippen molar-refractivity contribution in [1.29, 1.82) is 0 Å². The molecule has 3 amide bonds. The van der Waals surface area contributed by atoms with Gasteiger partial charge < -0.3 is 20.1 Å². The van der Waals surface area contributed by atoms with Crippen LogP contribution < -0.4 is 25.0 Å². The second-order valence-electron chi connectivity index (χ2n) is 7.87. The average Bonchev–Trinajstić information content (AvgIpc) is 2.90. The molecule has 0 saturated heterocycles. The Bertz CT molecular complexity index is 1330. The van der Waals surface area contributed by atoms with Crippen molar-refractivity contribution in [1.82, 2.24) is 0 Å². The van der Waals surface area contributed by atoms with Gasteiger partial charge in [0.25, 0.3) is 5.91 Å². The third kappa shape index (κ3) is 5.61. The molecule has 0 saturated carbocycles. The predicted molar refractivity (Wildman–Crippen MR) is 140 cm³/mol. The number of ether oxygens (including phenoxy) is 2. The van der Waals surface area contributed by atoms with Gasteiger partial charge in [0.2, 0.25) is 11.8 Å². The Morgan fingerprint density at radius 3 is 2.61 bits per heavy atom. The number of fused-ring (bicyclic) bond motifs is 1. The van der Waals surface area contributed by atoms with E-state index in [-0.39, 0.29) is 24.3 Å². The van der Waals surface area contributed by atoms with Crippen molar-refractivity contribution in [2.45, 2.75) is 0 Å². The number of rotatable bonds is 8. The molecule has 4 rings (SSSR count). The number of nitrogens with one attached hydrogen (secondary N) is 2. The summed E-state index contributed by atoms with van der Waals surface area (Å²) < 4.78 is 10.9. The van der Waals surface area contributed by atoms with Crippen molar-refractivity contribution in [2.24, 2.45) is 0 Å². The fraction of sp³-hybridized carbons (Fsp3) is 0.107. The molecule has 0 bridgehead atoms. The van der Waals surface area contributed by atoms with Crippen LogP contribution in [0.4, 0.5) is 17.1 Å². The van der Waals surface area contributed by atoms with E-state index in [0.29, 0.717) is 40.7 Å². The van der Waals surface area contributed by atoms with Crippen LogP contribution in [0.3, 0.4) is 0 Å². The lowest BCUT2D eigenvalue weighted by atomic mass is 10.1. The van der Waals surface area contributed by atoms with Gasteiger partial charge in [0, 0.05) is 17.3 Å². The Morgan fingerprint density at radius 2 is 1.86 bits per heavy atom. The number of para-hydroxylation sites is 2. The van der Waals surface area contributed by atoms with Gasteiger partial charge in [-0.15, -0.1) is 0 Å². The number of amides is 3. The van der Waals surface area contributed by atoms with Crippen LogP contribution in [0.2, 0.25) is 0 Å². The summed E-state index contributed by atoms with van der Waals surface area (Å²) in [6.07, 6.45) is 4.71. The topological polar surface area (TPSA) is 97.0 Å². The summed E-state index contributed by atoms with van der Waals surface area (Å²) in [5.41, 5.74) is 2.93. The van der Waals surface area contributed by atoms with Gasteiger partial charge in [0.1, 0.15) is 13.2 Å². The molecule has 3 aromatic carbocycles. The molecule has 1 aliphatic heterocycles. The molecule has 0 aromatic heterocycles. The molecule has 0 fully saturated rings. The Hall–Kier alpha value is -4.85. The monoisotopic (exact) mass is 483 g/mol. The Balaban J connectivity index is 1.40. The van der Waals surface area contributed by atoms with E-state index in [1.54, 1.807) is 73.9 Å². The van der Waals surface area contributed by atoms with Gasteiger partial charge in [-0.25, -0.2) is 0 Å². The summed E-state index contributed by atoms with van der Waals surface area (Å²) >= 11 is 0. The maximum Gasteiger partial charge on any atom is 0.258 e. The highest BCUT2D eigenvalue weighted by molar-refractivity contribution is 6.15. The lowest BCUT2D eigenvalue weighted by molar-refractivity contribution is -0.115. The third-order valence-corrected chi connectivity index (χ3v) is 5.39. The van der Waals surface area contributed by atoms with Crippen LogP contribution in [-0.4, -0.2) is 38.0 Å². The van der Waals surface area contributed by atoms with Crippen LogP contribution in [0.25, 0.3) is 6.08 Å². The smallest absolute Gasteiger partial charge is 0.258 e. The zero-order valence-electron chi connectivity index (χ0n) is 19.7. The van der Waals surface area contributed by atoms with E-state index < -0.39 is 0 Å². The van der Waals surface area contributed by atoms with E-state index >= 15 is 0 Å². The van der Waals surface area contributed by atoms with Crippen molar-refractivity contribution in [2.75, 3.05) is 35.8 Å². The van der Waals surface area contributed by atoms with Crippen molar-refractivity contribution in [3.05, 3.63) is 96.6 Å². The molecule has 0 spiro atoms. The molecule has 3 aromatic rings. The lowest BCUT2D eigenvalue weighted by Gasteiger charge is -2.29. The molecule has 1 heterocycles. The van der Waals surface area contributed by atoms with Gasteiger partial charge in [-0.05, 0) is 60.2 Å². The van der Waals surface area contributed by atoms with Gasteiger partial charge >= 0.3 is 0 Å². The maximum absolute atomic E-state index is 13.1. The standard InChI is InChI=1S/C28H25N3O5/c1-3-16-36-24-14-8-19(17-25(24)35-2)9-15-26(32)29-21-12-10-20(11-13-21)28(34)31-18-27(33)30-22-6-4-5-7-23(22)31/h3-15,17H,1,16,18H2,2H3,(H,29,32)(H,30,33)/b15-9+. The molecule has 0 atom stereocenters. The Morgan fingerprint density at radius 1 is 1.08 bits per heavy atom. The van der Waals surface area contributed by atoms with Crippen LogP contribution >= 0.6 is 0 Å². The third-order valence-electron chi connectivity index (χ3n) is 5.39. The zero-order valence-corrected chi connectivity index (χ0v) is 19.7. The highest BCUT2D eigenvalue weighted by Crippen LogP contribution is 2.30. The molecule has 2 N–H and O–H groups in total. The van der Waals surface area contributed by atoms with E-state index in [9.17, 15) is 14.4 Å². The average molecular weight is 484 g/mol. The number of carbonyl (C=O) groups is 3. The molecule has 36 heavy (non-hydrogen) atoms. The van der Waals surface area contributed by atoms with Gasteiger partial charge in [-0.1, -0.05) is 30.9 Å². The second-order valence-corrected chi connectivity index (χ2v) is 7.87. The molecule has 0 radical (unpaired) electrons. The molecule has 1 aliphatic rings. The number of benzene rings is 3. The lowest BCUT2D eigenvalue weighted by Crippen LogP contribution is -2.42. The largest absolute Gasteiger partial charge is 0.493 e. The Kier molecular flexibility index (Phi) is 7.45. The first-order valence-corrected chi connectivity index (χ1v) is 11.2. The summed E-state index contributed by atoms with van der Waals surface area (Å²) in [5, 5.41) is 5.53. The minimum absolute atomic E-state index is 0.0642. The first-order chi connectivity index (χ1) is 17.5. The SMILES string of the molecule is C=CCOc1ccc(/C=C/C(=O)Nc2ccc(C(=O)N3CC(=O)Nc4ccccc43)cc2)cc1OC. The number of hydrogen-bond donors (Lipinski definition) is 2. The van der Waals surface area contributed by atoms with Gasteiger partial charge in [-0.2, -0.15) is 0 Å². The fourth-order valence-corrected chi connectivity index (χ4v) is 3.68. The van der Waals surface area contributed by atoms with E-state index in [1.807, 2.05) is 12.1 Å². The van der Waals surface area contributed by atoms with Crippen molar-refractivity contribution in [3.8, 4) is 11.5 Å². The van der Waals surface area contributed by atoms with Crippen LogP contribution in [0.1, 0.15) is 15.9 Å². The first kappa shape index (κ1) is 24.3. The van der Waals surface area contributed by atoms with Crippen LogP contribution in [0.5, 0.6) is 11.5 Å². The van der Waals surface area contributed by atoms with Gasteiger partial charge in [-0.3, -0.25) is 19.3 Å². The van der Waals surface area contributed by atoms with Crippen LogP contribution in [0.15, 0.2) is 85.5 Å². The maximum atomic E-state index is 13.1. The van der Waals surface area contributed by atoms with E-state index in [2.05, 4.69) is 17.2 Å². The van der Waals surface area contributed by atoms with Gasteiger partial charge in [0.15, 0.2) is 11.5 Å². The number of nitrogens with zero attached hydrogens (tertiary/aromatic N) is 1. The highest BCUT2D eigenvalue weighted by Gasteiger charge is 2.27. The highest BCUT2D eigenvalue weighted by atomic mass is 16.5. The normalized spacial score (nSPS) is 12.5. The van der Waals surface area contributed by atoms with Gasteiger partial charge in [0.05, 0.1) is 18.5 Å². The molecule has 0 unspecified atom stereocenters. The van der Waals surface area contributed by atoms with Crippen molar-refractivity contribution in [3.63, 3.8) is 0 Å². The minimum atomic E-state index is -0.332. The fourth-order valence-electron chi connectivity index (χ4n) is 3.68. The summed E-state index contributed by atoms with van der Waals surface area (Å²) in [7, 11) is 1.55. The van der Waals surface area contributed by atoms with Crippen LogP contribution in [-0.2, 0) is 9.59 Å². The molecule has 0 aliphatic carbocycles. The second kappa shape index (κ2) is 11.1. The number of anilines is 3. The number of hydrogen-bond acceptors (Lipinski definition) is 5. The summed E-state index contributed by atoms with van der Waals surface area (Å²) in [6, 6.07) is 19.0. The number of carbonyl (C=O) groups excluding carboxylic acids is 3. The summed E-state index contributed by atoms with van der Waals surface area (Å²) in [6.45, 7) is 3.92. The minimum Gasteiger partial charge on any atom is -0.493 e. The number of methoxy groups -OCH3 is 1. The quantitative estimate of drug-likeness (QED) is 0.363. The molecule has 8 heteroatoms.